The van der Waals surface area contributed by atoms with Crippen molar-refractivity contribution in [3.05, 3.63) is 65.2 Å². The van der Waals surface area contributed by atoms with Crippen molar-refractivity contribution in [2.45, 2.75) is 51.9 Å². The van der Waals surface area contributed by atoms with Crippen LogP contribution in [-0.4, -0.2) is 0 Å². The summed E-state index contributed by atoms with van der Waals surface area (Å²) in [6.45, 7) is 4.50. The molecule has 1 aliphatic carbocycles. The first kappa shape index (κ1) is 17.9. The van der Waals surface area contributed by atoms with E-state index in [0.717, 1.165) is 11.5 Å². The molecule has 0 radical (unpaired) electrons. The van der Waals surface area contributed by atoms with Gasteiger partial charge in [0.25, 0.3) is 5.69 Å². The van der Waals surface area contributed by atoms with Crippen LogP contribution in [0.4, 0.5) is 0 Å². The maximum absolute atomic E-state index is 6.80. The number of fused-ring (bicyclic) bond motifs is 3. The number of rotatable bonds is 1. The molecular weight excluding hydrogens is 366 g/mol. The topological polar surface area (TPSA) is 13.1 Å². The van der Waals surface area contributed by atoms with Crippen LogP contribution in [0.25, 0.3) is 32.9 Å². The van der Waals surface area contributed by atoms with Gasteiger partial charge >= 0.3 is 0 Å². The van der Waals surface area contributed by atoms with Crippen molar-refractivity contribution in [2.24, 2.45) is 7.05 Å². The zero-order chi connectivity index (χ0) is 20.4. The largest absolute Gasteiger partial charge is 0.449 e. The van der Waals surface area contributed by atoms with Gasteiger partial charge in [0.2, 0.25) is 11.3 Å². The van der Waals surface area contributed by atoms with Crippen LogP contribution in [0.5, 0.6) is 11.5 Å². The Morgan fingerprint density at radius 3 is 2.57 bits per heavy atom. The molecule has 2 nitrogen and oxygen atoms in total. The minimum absolute atomic E-state index is 0.574. The molecule has 6 rings (SSSR count). The van der Waals surface area contributed by atoms with Crippen molar-refractivity contribution >= 4 is 21.7 Å². The summed E-state index contributed by atoms with van der Waals surface area (Å²) in [5.74, 6) is 2.67. The molecule has 1 fully saturated rings. The van der Waals surface area contributed by atoms with Crippen LogP contribution in [-0.2, 0) is 7.05 Å². The zero-order valence-electron chi connectivity index (χ0n) is 18.1. The molecule has 0 saturated heterocycles. The monoisotopic (exact) mass is 394 g/mol. The molecule has 1 aliphatic heterocycles. The Morgan fingerprint density at radius 2 is 1.73 bits per heavy atom. The highest BCUT2D eigenvalue weighted by atomic mass is 16.5. The van der Waals surface area contributed by atoms with Crippen molar-refractivity contribution in [3.63, 3.8) is 0 Å². The predicted molar refractivity (Wildman–Crippen MR) is 123 cm³/mol. The van der Waals surface area contributed by atoms with E-state index in [-0.39, 0.29) is 0 Å². The van der Waals surface area contributed by atoms with E-state index < -0.39 is 0 Å². The lowest BCUT2D eigenvalue weighted by Crippen LogP contribution is -2.34. The van der Waals surface area contributed by atoms with E-state index in [9.17, 15) is 0 Å². The Bertz CT molecular complexity index is 1330. The lowest BCUT2D eigenvalue weighted by atomic mass is 9.80. The van der Waals surface area contributed by atoms with Crippen molar-refractivity contribution in [1.82, 2.24) is 0 Å². The fourth-order valence-electron chi connectivity index (χ4n) is 5.85. The number of hydrogen-bond donors (Lipinski definition) is 0. The first-order chi connectivity index (χ1) is 14.6. The number of hydrogen-bond acceptors (Lipinski definition) is 1. The van der Waals surface area contributed by atoms with Crippen LogP contribution in [0.2, 0.25) is 0 Å². The molecule has 0 N–H and O–H groups in total. The first-order valence-electron chi connectivity index (χ1n) is 11.3. The van der Waals surface area contributed by atoms with E-state index in [1.54, 1.807) is 0 Å². The van der Waals surface area contributed by atoms with E-state index in [1.807, 2.05) is 0 Å². The average Bonchev–Trinajstić information content (AvgIpc) is 2.78. The molecule has 0 spiro atoms. The number of para-hydroxylation sites is 1. The van der Waals surface area contributed by atoms with Gasteiger partial charge in [-0.2, -0.15) is 4.57 Å². The molecule has 0 amide bonds. The molecule has 1 saturated carbocycles. The molecule has 4 aromatic rings. The molecule has 30 heavy (non-hydrogen) atoms. The molecule has 1 aromatic heterocycles. The summed E-state index contributed by atoms with van der Waals surface area (Å²) in [7, 11) is 2.21. The SMILES string of the molecule is Cc1cc2cccc3c2c(c1C)-c1c(c(C2CCCCC2)c2ccccc2[n+]1C)O3. The Kier molecular flexibility index (Phi) is 3.93. The molecule has 2 heteroatoms. The van der Waals surface area contributed by atoms with Crippen LogP contribution in [0, 0.1) is 13.8 Å². The Hall–Kier alpha value is -2.87. The highest BCUT2D eigenvalue weighted by molar-refractivity contribution is 6.05. The summed E-state index contributed by atoms with van der Waals surface area (Å²) in [6.07, 6.45) is 6.52. The predicted octanol–water partition coefficient (Wildman–Crippen LogP) is 7.25. The fraction of sp³-hybridized carbons (Fsp3) is 0.321. The highest BCUT2D eigenvalue weighted by Crippen LogP contribution is 2.52. The standard InChI is InChI=1S/C28H28NO/c1-17-16-20-12-9-15-23-26(20)24(18(17)2)27-28(30-23)25(19-10-5-4-6-11-19)21-13-7-8-14-22(21)29(27)3/h7-9,12-16,19H,4-6,10-11H2,1-3H3/q+1. The van der Waals surface area contributed by atoms with E-state index >= 15 is 0 Å². The number of aryl methyl sites for hydroxylation is 2. The van der Waals surface area contributed by atoms with E-state index in [2.05, 4.69) is 74.0 Å². The van der Waals surface area contributed by atoms with Gasteiger partial charge in [-0.1, -0.05) is 49.6 Å². The molecule has 0 atom stereocenters. The number of ether oxygens (including phenoxy) is 1. The normalized spacial score (nSPS) is 16.0. The third-order valence-corrected chi connectivity index (χ3v) is 7.46. The van der Waals surface area contributed by atoms with Gasteiger partial charge in [0.1, 0.15) is 12.8 Å². The van der Waals surface area contributed by atoms with E-state index in [0.29, 0.717) is 5.92 Å². The van der Waals surface area contributed by atoms with Crippen molar-refractivity contribution in [2.75, 3.05) is 0 Å². The summed E-state index contributed by atoms with van der Waals surface area (Å²) in [6, 6.07) is 17.7. The quantitative estimate of drug-likeness (QED) is 0.273. The summed E-state index contributed by atoms with van der Waals surface area (Å²) >= 11 is 0. The third kappa shape index (κ3) is 2.40. The minimum Gasteiger partial charge on any atom is -0.449 e. The number of nitrogens with zero attached hydrogens (tertiary/aromatic N) is 1. The van der Waals surface area contributed by atoms with Crippen LogP contribution < -0.4 is 9.30 Å². The minimum atomic E-state index is 0.574. The smallest absolute Gasteiger partial charge is 0.257 e. The molecule has 3 aromatic carbocycles. The van der Waals surface area contributed by atoms with E-state index in [1.165, 1.54) is 81.7 Å². The Labute approximate surface area is 178 Å². The van der Waals surface area contributed by atoms with E-state index in [4.69, 9.17) is 4.74 Å². The lowest BCUT2D eigenvalue weighted by Gasteiger charge is -2.29. The number of aromatic nitrogens is 1. The van der Waals surface area contributed by atoms with Crippen LogP contribution in [0.15, 0.2) is 48.5 Å². The number of benzene rings is 3. The first-order valence-corrected chi connectivity index (χ1v) is 11.3. The number of pyridine rings is 1. The van der Waals surface area contributed by atoms with Gasteiger partial charge in [0, 0.05) is 17.0 Å². The van der Waals surface area contributed by atoms with Crippen molar-refractivity contribution in [1.29, 1.82) is 0 Å². The van der Waals surface area contributed by atoms with Gasteiger partial charge in [-0.15, -0.1) is 0 Å². The summed E-state index contributed by atoms with van der Waals surface area (Å²) < 4.78 is 9.17. The molecular formula is C28H28NO+. The summed E-state index contributed by atoms with van der Waals surface area (Å²) in [5.41, 5.74) is 8.04. The second-order valence-corrected chi connectivity index (χ2v) is 9.15. The van der Waals surface area contributed by atoms with Gasteiger partial charge in [-0.05, 0) is 61.3 Å². The van der Waals surface area contributed by atoms with Crippen molar-refractivity contribution in [3.8, 4) is 22.8 Å². The third-order valence-electron chi connectivity index (χ3n) is 7.46. The van der Waals surface area contributed by atoms with Gasteiger partial charge in [-0.25, -0.2) is 0 Å². The summed E-state index contributed by atoms with van der Waals surface area (Å²) in [4.78, 5) is 0. The van der Waals surface area contributed by atoms with Gasteiger partial charge in [-0.3, -0.25) is 0 Å². The second kappa shape index (κ2) is 6.57. The van der Waals surface area contributed by atoms with Crippen LogP contribution in [0.1, 0.15) is 54.7 Å². The molecule has 150 valence electrons. The Morgan fingerprint density at radius 1 is 0.933 bits per heavy atom. The van der Waals surface area contributed by atoms with Crippen LogP contribution in [0.3, 0.4) is 0 Å². The average molecular weight is 395 g/mol. The lowest BCUT2D eigenvalue weighted by molar-refractivity contribution is -0.633. The fourth-order valence-corrected chi connectivity index (χ4v) is 5.85. The molecule has 0 unspecified atom stereocenters. The van der Waals surface area contributed by atoms with Gasteiger partial charge < -0.3 is 4.74 Å². The van der Waals surface area contributed by atoms with Gasteiger partial charge in [0.15, 0.2) is 0 Å². The second-order valence-electron chi connectivity index (χ2n) is 9.15. The summed E-state index contributed by atoms with van der Waals surface area (Å²) in [5, 5.41) is 3.88. The maximum atomic E-state index is 6.80. The highest BCUT2D eigenvalue weighted by Gasteiger charge is 2.36. The van der Waals surface area contributed by atoms with Crippen molar-refractivity contribution < 1.29 is 9.30 Å². The molecule has 2 heterocycles. The van der Waals surface area contributed by atoms with Gasteiger partial charge in [0.05, 0.1) is 10.9 Å². The molecule has 2 aliphatic rings. The zero-order valence-corrected chi connectivity index (χ0v) is 18.1. The Balaban J connectivity index is 1.80. The maximum Gasteiger partial charge on any atom is 0.257 e. The van der Waals surface area contributed by atoms with Crippen LogP contribution >= 0.6 is 0 Å². The molecule has 0 bridgehead atoms.